The summed E-state index contributed by atoms with van der Waals surface area (Å²) in [7, 11) is -1.48. The highest BCUT2D eigenvalue weighted by molar-refractivity contribution is 7.91. The van der Waals surface area contributed by atoms with Gasteiger partial charge in [-0.15, -0.1) is 0 Å². The molecule has 0 aliphatic heterocycles. The molecular weight excluding hydrogens is 356 g/mol. The number of aromatic nitrogens is 1. The molecule has 1 N–H and O–H groups in total. The second kappa shape index (κ2) is 7.20. The van der Waals surface area contributed by atoms with E-state index >= 15 is 0 Å². The fourth-order valence-electron chi connectivity index (χ4n) is 3.19. The molecule has 1 aromatic heterocycles. The fourth-order valence-corrected chi connectivity index (χ4v) is 4.41. The molecule has 1 atom stereocenters. The van der Waals surface area contributed by atoms with Crippen LogP contribution in [-0.2, 0) is 9.84 Å². The molecule has 2 aromatic carbocycles. The van der Waals surface area contributed by atoms with Gasteiger partial charge < -0.3 is 9.88 Å². The Bertz CT molecular complexity index is 981. The van der Waals surface area contributed by atoms with Crippen molar-refractivity contribution in [1.82, 2.24) is 9.88 Å². The number of benzene rings is 2. The van der Waals surface area contributed by atoms with Gasteiger partial charge in [-0.3, -0.25) is 0 Å². The van der Waals surface area contributed by atoms with E-state index < -0.39 is 9.84 Å². The molecular formula is C19H21ClN2O2S. The van der Waals surface area contributed by atoms with Crippen molar-refractivity contribution in [1.29, 1.82) is 0 Å². The minimum absolute atomic E-state index is 0.0186. The molecule has 6 heteroatoms. The third kappa shape index (κ3) is 3.59. The molecule has 132 valence electrons. The van der Waals surface area contributed by atoms with Gasteiger partial charge in [-0.1, -0.05) is 48.0 Å². The van der Waals surface area contributed by atoms with Crippen LogP contribution in [0.2, 0.25) is 5.02 Å². The van der Waals surface area contributed by atoms with E-state index in [0.29, 0.717) is 10.4 Å². The molecule has 0 aliphatic rings. The number of nitrogens with one attached hydrogen (secondary N) is 1. The first-order valence-corrected chi connectivity index (χ1v) is 10.4. The van der Waals surface area contributed by atoms with Gasteiger partial charge in [-0.05, 0) is 37.7 Å². The molecule has 0 spiro atoms. The Morgan fingerprint density at radius 3 is 2.48 bits per heavy atom. The zero-order chi connectivity index (χ0) is 18.0. The first kappa shape index (κ1) is 18.0. The summed E-state index contributed by atoms with van der Waals surface area (Å²) in [6.07, 6.45) is 3.78. The molecule has 3 aromatic rings. The average Bonchev–Trinajstić information content (AvgIpc) is 2.98. The first-order chi connectivity index (χ1) is 11.9. The van der Waals surface area contributed by atoms with E-state index in [1.807, 2.05) is 41.9 Å². The number of fused-ring (bicyclic) bond motifs is 1. The Morgan fingerprint density at radius 1 is 1.12 bits per heavy atom. The lowest BCUT2D eigenvalue weighted by atomic mass is 10.0. The Hall–Kier alpha value is -1.82. The minimum Gasteiger partial charge on any atom is -0.339 e. The summed E-state index contributed by atoms with van der Waals surface area (Å²) >= 11 is 6.35. The standard InChI is InChI=1S/C19H21ClN2O2S/c1-21-12-11-16(14-7-4-3-5-8-14)22-13-18(25(2,23)24)19-15(20)9-6-10-17(19)22/h3-10,13,16,21H,11-12H2,1-2H3. The molecule has 1 heterocycles. The monoisotopic (exact) mass is 376 g/mol. The van der Waals surface area contributed by atoms with Gasteiger partial charge in [-0.25, -0.2) is 8.42 Å². The maximum atomic E-state index is 12.3. The van der Waals surface area contributed by atoms with Gasteiger partial charge in [-0.2, -0.15) is 0 Å². The summed E-state index contributed by atoms with van der Waals surface area (Å²) in [5, 5.41) is 4.23. The van der Waals surface area contributed by atoms with Crippen molar-refractivity contribution in [2.75, 3.05) is 19.8 Å². The highest BCUT2D eigenvalue weighted by Gasteiger charge is 2.23. The van der Waals surface area contributed by atoms with Crippen LogP contribution in [-0.4, -0.2) is 32.8 Å². The maximum absolute atomic E-state index is 12.3. The summed E-state index contributed by atoms with van der Waals surface area (Å²) in [5.74, 6) is 0. The van der Waals surface area contributed by atoms with E-state index in [1.54, 1.807) is 12.3 Å². The van der Waals surface area contributed by atoms with Crippen LogP contribution in [0.15, 0.2) is 59.6 Å². The summed E-state index contributed by atoms with van der Waals surface area (Å²) in [6, 6.07) is 15.6. The average molecular weight is 377 g/mol. The molecule has 0 aliphatic carbocycles. The molecule has 1 unspecified atom stereocenters. The second-order valence-electron chi connectivity index (χ2n) is 6.13. The van der Waals surface area contributed by atoms with Crippen molar-refractivity contribution in [3.05, 3.63) is 65.3 Å². The van der Waals surface area contributed by atoms with Gasteiger partial charge in [0, 0.05) is 17.8 Å². The number of hydrogen-bond donors (Lipinski definition) is 1. The van der Waals surface area contributed by atoms with Crippen molar-refractivity contribution in [2.24, 2.45) is 0 Å². The highest BCUT2D eigenvalue weighted by Crippen LogP contribution is 2.36. The largest absolute Gasteiger partial charge is 0.339 e. The number of nitrogens with zero attached hydrogens (tertiary/aromatic N) is 1. The quantitative estimate of drug-likeness (QED) is 0.709. The first-order valence-electron chi connectivity index (χ1n) is 8.12. The van der Waals surface area contributed by atoms with Gasteiger partial charge in [0.15, 0.2) is 9.84 Å². The lowest BCUT2D eigenvalue weighted by Gasteiger charge is -2.21. The van der Waals surface area contributed by atoms with Crippen LogP contribution in [0, 0.1) is 0 Å². The van der Waals surface area contributed by atoms with E-state index in [4.69, 9.17) is 11.6 Å². The lowest BCUT2D eigenvalue weighted by molar-refractivity contribution is 0.537. The molecule has 25 heavy (non-hydrogen) atoms. The molecule has 0 radical (unpaired) electrons. The Labute approximate surface area is 153 Å². The van der Waals surface area contributed by atoms with Crippen molar-refractivity contribution in [3.63, 3.8) is 0 Å². The van der Waals surface area contributed by atoms with Crippen molar-refractivity contribution < 1.29 is 8.42 Å². The fraction of sp³-hybridized carbons (Fsp3) is 0.263. The molecule has 0 saturated carbocycles. The molecule has 0 amide bonds. The predicted octanol–water partition coefficient (Wildman–Crippen LogP) is 3.90. The van der Waals surface area contributed by atoms with Crippen LogP contribution in [0.1, 0.15) is 18.0 Å². The Balaban J connectivity index is 2.27. The third-order valence-corrected chi connectivity index (χ3v) is 5.78. The van der Waals surface area contributed by atoms with E-state index in [2.05, 4.69) is 17.4 Å². The van der Waals surface area contributed by atoms with Crippen LogP contribution in [0.5, 0.6) is 0 Å². The third-order valence-electron chi connectivity index (χ3n) is 4.36. The topological polar surface area (TPSA) is 51.1 Å². The summed E-state index contributed by atoms with van der Waals surface area (Å²) in [5.41, 5.74) is 1.97. The van der Waals surface area contributed by atoms with Crippen LogP contribution in [0.4, 0.5) is 0 Å². The van der Waals surface area contributed by atoms with Crippen LogP contribution in [0.25, 0.3) is 10.9 Å². The van der Waals surface area contributed by atoms with Crippen LogP contribution >= 0.6 is 11.6 Å². The van der Waals surface area contributed by atoms with Gasteiger partial charge in [0.25, 0.3) is 0 Å². The van der Waals surface area contributed by atoms with Crippen LogP contribution in [0.3, 0.4) is 0 Å². The normalized spacial score (nSPS) is 13.2. The van der Waals surface area contributed by atoms with E-state index in [-0.39, 0.29) is 10.9 Å². The molecule has 3 rings (SSSR count). The Kier molecular flexibility index (Phi) is 5.18. The van der Waals surface area contributed by atoms with Gasteiger partial charge in [0.05, 0.1) is 21.5 Å². The van der Waals surface area contributed by atoms with E-state index in [1.165, 1.54) is 6.26 Å². The molecule has 0 saturated heterocycles. The second-order valence-corrected chi connectivity index (χ2v) is 8.52. The number of sulfone groups is 1. The van der Waals surface area contributed by atoms with Gasteiger partial charge in [0.1, 0.15) is 0 Å². The highest BCUT2D eigenvalue weighted by atomic mass is 35.5. The smallest absolute Gasteiger partial charge is 0.177 e. The number of halogens is 1. The number of rotatable bonds is 6. The zero-order valence-electron chi connectivity index (χ0n) is 14.2. The lowest BCUT2D eigenvalue weighted by Crippen LogP contribution is -2.17. The molecule has 0 bridgehead atoms. The van der Waals surface area contributed by atoms with E-state index in [0.717, 1.165) is 24.0 Å². The summed E-state index contributed by atoms with van der Waals surface area (Å²) in [4.78, 5) is 0.276. The van der Waals surface area contributed by atoms with Crippen molar-refractivity contribution in [3.8, 4) is 0 Å². The predicted molar refractivity (Wildman–Crippen MR) is 103 cm³/mol. The molecule has 0 fully saturated rings. The van der Waals surface area contributed by atoms with Crippen molar-refractivity contribution >= 4 is 32.3 Å². The molecule has 4 nitrogen and oxygen atoms in total. The SMILES string of the molecule is CNCCC(c1ccccc1)n1cc(S(C)(=O)=O)c2c(Cl)cccc21. The minimum atomic E-state index is -3.39. The zero-order valence-corrected chi connectivity index (χ0v) is 15.8. The van der Waals surface area contributed by atoms with Crippen LogP contribution < -0.4 is 5.32 Å². The van der Waals surface area contributed by atoms with E-state index in [9.17, 15) is 8.42 Å². The van der Waals surface area contributed by atoms with Gasteiger partial charge in [0.2, 0.25) is 0 Å². The number of hydrogen-bond acceptors (Lipinski definition) is 3. The summed E-state index contributed by atoms with van der Waals surface area (Å²) in [6.45, 7) is 0.814. The Morgan fingerprint density at radius 2 is 1.84 bits per heavy atom. The summed E-state index contributed by atoms with van der Waals surface area (Å²) < 4.78 is 26.6. The van der Waals surface area contributed by atoms with Crippen molar-refractivity contribution in [2.45, 2.75) is 17.4 Å². The maximum Gasteiger partial charge on any atom is 0.177 e. The van der Waals surface area contributed by atoms with Gasteiger partial charge >= 0.3 is 0 Å².